The fourth-order valence-electron chi connectivity index (χ4n) is 5.79. The maximum Gasteiger partial charge on any atom is 0.469 e. The first kappa shape index (κ1) is 43.5. The molecule has 0 aliphatic carbocycles. The molecule has 0 rings (SSSR count). The van der Waals surface area contributed by atoms with Crippen LogP contribution in [0.4, 0.5) is 0 Å². The van der Waals surface area contributed by atoms with Crippen molar-refractivity contribution in [2.24, 2.45) is 0 Å². The van der Waals surface area contributed by atoms with Crippen molar-refractivity contribution >= 4 is 7.82 Å². The number of phosphoric acid groups is 1. The largest absolute Gasteiger partial charge is 0.469 e. The molecule has 0 aromatic carbocycles. The van der Waals surface area contributed by atoms with Gasteiger partial charge in [0, 0.05) is 6.54 Å². The van der Waals surface area contributed by atoms with Crippen LogP contribution in [0.3, 0.4) is 0 Å². The van der Waals surface area contributed by atoms with Crippen LogP contribution in [0.2, 0.25) is 0 Å². The van der Waals surface area contributed by atoms with Crippen LogP contribution in [-0.2, 0) is 9.09 Å². The SMILES string of the molecule is CCCCCCCC/C=C\CCCCCCCCN(CCCCCCCC/C=C\CCCCCCCC)CCOP(=O)(O)O. The zero-order chi connectivity index (χ0) is 32.2. The molecule has 44 heavy (non-hydrogen) atoms. The molecule has 0 saturated heterocycles. The molecule has 6 heteroatoms. The molecule has 0 aliphatic rings. The van der Waals surface area contributed by atoms with Gasteiger partial charge in [-0.05, 0) is 77.3 Å². The highest BCUT2D eigenvalue weighted by molar-refractivity contribution is 7.46. The summed E-state index contributed by atoms with van der Waals surface area (Å²) in [5.74, 6) is 0. The Balaban J connectivity index is 3.80. The number of hydrogen-bond donors (Lipinski definition) is 2. The van der Waals surface area contributed by atoms with Gasteiger partial charge in [-0.15, -0.1) is 0 Å². The average Bonchev–Trinajstić information content (AvgIpc) is 2.99. The van der Waals surface area contributed by atoms with Crippen LogP contribution in [0.1, 0.15) is 194 Å². The highest BCUT2D eigenvalue weighted by atomic mass is 31.2. The van der Waals surface area contributed by atoms with Gasteiger partial charge in [0.2, 0.25) is 0 Å². The van der Waals surface area contributed by atoms with E-state index in [1.165, 1.54) is 167 Å². The Labute approximate surface area is 275 Å². The Morgan fingerprint density at radius 3 is 1.07 bits per heavy atom. The van der Waals surface area contributed by atoms with E-state index in [2.05, 4.69) is 43.1 Å². The number of nitrogens with zero attached hydrogens (tertiary/aromatic N) is 1. The fourth-order valence-corrected chi connectivity index (χ4v) is 6.11. The molecule has 0 spiro atoms. The number of allylic oxidation sites excluding steroid dienone is 4. The second kappa shape index (κ2) is 35.4. The lowest BCUT2D eigenvalue weighted by Gasteiger charge is -2.22. The first-order valence-electron chi connectivity index (χ1n) is 19.2. The molecule has 0 atom stereocenters. The quantitative estimate of drug-likeness (QED) is 0.0405. The summed E-state index contributed by atoms with van der Waals surface area (Å²) < 4.78 is 15.8. The number of phosphoric ester groups is 1. The van der Waals surface area contributed by atoms with Crippen molar-refractivity contribution in [3.8, 4) is 0 Å². The summed E-state index contributed by atoms with van der Waals surface area (Å²) in [6.45, 7) is 7.24. The van der Waals surface area contributed by atoms with E-state index in [0.29, 0.717) is 6.54 Å². The van der Waals surface area contributed by atoms with Gasteiger partial charge in [0.25, 0.3) is 0 Å². The van der Waals surface area contributed by atoms with Gasteiger partial charge in [-0.1, -0.05) is 154 Å². The zero-order valence-electron chi connectivity index (χ0n) is 29.5. The van der Waals surface area contributed by atoms with E-state index in [4.69, 9.17) is 14.3 Å². The Morgan fingerprint density at radius 2 is 0.750 bits per heavy atom. The maximum absolute atomic E-state index is 11.1. The third kappa shape index (κ3) is 37.7. The second-order valence-corrected chi connectivity index (χ2v) is 14.3. The monoisotopic (exact) mass is 642 g/mol. The predicted octanol–water partition coefficient (Wildman–Crippen LogP) is 12.5. The van der Waals surface area contributed by atoms with Gasteiger partial charge in [0.1, 0.15) is 0 Å². The van der Waals surface area contributed by atoms with E-state index >= 15 is 0 Å². The molecule has 262 valence electrons. The van der Waals surface area contributed by atoms with Crippen molar-refractivity contribution in [3.63, 3.8) is 0 Å². The van der Waals surface area contributed by atoms with Crippen molar-refractivity contribution in [1.82, 2.24) is 4.90 Å². The minimum Gasteiger partial charge on any atom is -0.303 e. The van der Waals surface area contributed by atoms with Crippen LogP contribution >= 0.6 is 7.82 Å². The molecular formula is C38H76NO4P. The highest BCUT2D eigenvalue weighted by Crippen LogP contribution is 2.35. The summed E-state index contributed by atoms with van der Waals surface area (Å²) in [7, 11) is -4.39. The molecule has 0 saturated carbocycles. The molecule has 0 bridgehead atoms. The van der Waals surface area contributed by atoms with Crippen LogP contribution in [0, 0.1) is 0 Å². The fraction of sp³-hybridized carbons (Fsp3) is 0.895. The van der Waals surface area contributed by atoms with Crippen molar-refractivity contribution in [1.29, 1.82) is 0 Å². The minimum absolute atomic E-state index is 0.100. The first-order chi connectivity index (χ1) is 21.5. The van der Waals surface area contributed by atoms with Gasteiger partial charge in [0.05, 0.1) is 6.61 Å². The van der Waals surface area contributed by atoms with Crippen LogP contribution < -0.4 is 0 Å². The Kier molecular flexibility index (Phi) is 35.0. The second-order valence-electron chi connectivity index (χ2n) is 13.0. The zero-order valence-corrected chi connectivity index (χ0v) is 30.4. The molecule has 0 aliphatic heterocycles. The standard InChI is InChI=1S/C38H76NO4P/c1-3-5-7-9-11-13-15-17-19-21-23-25-27-29-31-33-35-39(37-38-43-44(40,41)42)36-34-32-30-28-26-24-22-20-18-16-14-12-10-8-6-4-2/h17-20H,3-16,21-38H2,1-2H3,(H2,40,41,42)/b19-17-,20-18-. The summed E-state index contributed by atoms with van der Waals surface area (Å²) in [5.41, 5.74) is 0. The molecule has 0 aromatic heterocycles. The first-order valence-corrected chi connectivity index (χ1v) is 20.7. The Bertz CT molecular complexity index is 621. The average molecular weight is 642 g/mol. The van der Waals surface area contributed by atoms with E-state index in [9.17, 15) is 4.57 Å². The van der Waals surface area contributed by atoms with Crippen molar-refractivity contribution in [2.75, 3.05) is 26.2 Å². The minimum atomic E-state index is -4.39. The molecule has 0 fully saturated rings. The Hall–Kier alpha value is -0.450. The number of unbranched alkanes of at least 4 members (excludes halogenated alkanes) is 24. The van der Waals surface area contributed by atoms with Gasteiger partial charge in [-0.2, -0.15) is 0 Å². The van der Waals surface area contributed by atoms with E-state index in [1.54, 1.807) is 0 Å². The van der Waals surface area contributed by atoms with Crippen LogP contribution in [0.15, 0.2) is 24.3 Å². The van der Waals surface area contributed by atoms with Crippen molar-refractivity contribution in [2.45, 2.75) is 194 Å². The van der Waals surface area contributed by atoms with E-state index < -0.39 is 7.82 Å². The highest BCUT2D eigenvalue weighted by Gasteiger charge is 2.14. The normalized spacial score (nSPS) is 12.5. The Morgan fingerprint density at radius 1 is 0.455 bits per heavy atom. The molecule has 0 heterocycles. The predicted molar refractivity (Wildman–Crippen MR) is 193 cm³/mol. The number of rotatable bonds is 36. The number of hydrogen-bond acceptors (Lipinski definition) is 3. The summed E-state index contributed by atoms with van der Waals surface area (Å²) in [6, 6.07) is 0. The van der Waals surface area contributed by atoms with Crippen molar-refractivity contribution in [3.05, 3.63) is 24.3 Å². The van der Waals surface area contributed by atoms with Crippen LogP contribution in [-0.4, -0.2) is 40.9 Å². The smallest absolute Gasteiger partial charge is 0.303 e. The molecular weight excluding hydrogens is 565 g/mol. The lowest BCUT2D eigenvalue weighted by molar-refractivity contribution is 0.158. The van der Waals surface area contributed by atoms with Gasteiger partial charge in [-0.25, -0.2) is 4.57 Å². The van der Waals surface area contributed by atoms with E-state index in [1.807, 2.05) is 0 Å². The molecule has 5 nitrogen and oxygen atoms in total. The molecule has 0 unspecified atom stereocenters. The topological polar surface area (TPSA) is 70.0 Å². The van der Waals surface area contributed by atoms with Crippen LogP contribution in [0.25, 0.3) is 0 Å². The maximum atomic E-state index is 11.1. The summed E-state index contributed by atoms with van der Waals surface area (Å²) in [5, 5.41) is 0. The van der Waals surface area contributed by atoms with Crippen molar-refractivity contribution < 1.29 is 18.9 Å². The summed E-state index contributed by atoms with van der Waals surface area (Å²) in [6.07, 6.45) is 46.2. The summed E-state index contributed by atoms with van der Waals surface area (Å²) in [4.78, 5) is 20.4. The summed E-state index contributed by atoms with van der Waals surface area (Å²) >= 11 is 0. The van der Waals surface area contributed by atoms with E-state index in [-0.39, 0.29) is 6.61 Å². The molecule has 0 radical (unpaired) electrons. The third-order valence-corrected chi connectivity index (χ3v) is 9.16. The van der Waals surface area contributed by atoms with Gasteiger partial charge < -0.3 is 14.7 Å². The lowest BCUT2D eigenvalue weighted by atomic mass is 10.1. The lowest BCUT2D eigenvalue weighted by Crippen LogP contribution is -2.29. The van der Waals surface area contributed by atoms with Crippen LogP contribution in [0.5, 0.6) is 0 Å². The van der Waals surface area contributed by atoms with Gasteiger partial charge in [0.15, 0.2) is 0 Å². The van der Waals surface area contributed by atoms with Gasteiger partial charge in [-0.3, -0.25) is 4.52 Å². The molecule has 2 N–H and O–H groups in total. The van der Waals surface area contributed by atoms with Gasteiger partial charge >= 0.3 is 7.82 Å². The van der Waals surface area contributed by atoms with E-state index in [0.717, 1.165) is 25.9 Å². The molecule has 0 aromatic rings. The molecule has 0 amide bonds. The third-order valence-electron chi connectivity index (χ3n) is 8.64.